The zero-order valence-electron chi connectivity index (χ0n) is 16.4. The highest BCUT2D eigenvalue weighted by Crippen LogP contribution is 2.29. The average Bonchev–Trinajstić information content (AvgIpc) is 2.77. The molecule has 0 aliphatic rings. The lowest BCUT2D eigenvalue weighted by Gasteiger charge is -2.16. The number of nitrogens with zero attached hydrogens (tertiary/aromatic N) is 4. The molecule has 4 aromatic rings. The molecule has 0 atom stereocenters. The van der Waals surface area contributed by atoms with Gasteiger partial charge < -0.3 is 5.11 Å². The summed E-state index contributed by atoms with van der Waals surface area (Å²) in [7, 11) is 0. The van der Waals surface area contributed by atoms with Crippen molar-refractivity contribution in [1.82, 2.24) is 9.13 Å². The Bertz CT molecular complexity index is 1380. The van der Waals surface area contributed by atoms with E-state index >= 15 is 0 Å². The molecular weight excluding hydrogens is 432 g/mol. The van der Waals surface area contributed by atoms with Crippen LogP contribution < -0.4 is 5.56 Å². The van der Waals surface area contributed by atoms with Crippen molar-refractivity contribution >= 4 is 35.2 Å². The van der Waals surface area contributed by atoms with Gasteiger partial charge in [0, 0.05) is 5.02 Å². The molecule has 31 heavy (non-hydrogen) atoms. The standard InChI is InChI=1S/C23H17ClN4O2S/c1-15-7-13-19(14-8-15)28-22(30)20(26-25-17-11-9-16(24)10-12-17)21(29)27(23(28)31)18-5-3-2-4-6-18/h2-14,30H,1H3. The van der Waals surface area contributed by atoms with Crippen LogP contribution in [-0.2, 0) is 0 Å². The van der Waals surface area contributed by atoms with Gasteiger partial charge in [-0.25, -0.2) is 0 Å². The molecule has 1 N–H and O–H groups in total. The number of aryl methyl sites for hydroxylation is 1. The predicted octanol–water partition coefficient (Wildman–Crippen LogP) is 6.44. The Hall–Kier alpha value is -3.55. The Labute approximate surface area is 188 Å². The van der Waals surface area contributed by atoms with Crippen molar-refractivity contribution in [3.63, 3.8) is 0 Å². The summed E-state index contributed by atoms with van der Waals surface area (Å²) in [5, 5.41) is 19.7. The third-order valence-electron chi connectivity index (χ3n) is 4.61. The lowest BCUT2D eigenvalue weighted by molar-refractivity contribution is 0.432. The molecule has 0 unspecified atom stereocenters. The van der Waals surface area contributed by atoms with Crippen LogP contribution in [0.5, 0.6) is 5.88 Å². The van der Waals surface area contributed by atoms with Gasteiger partial charge in [-0.3, -0.25) is 13.9 Å². The highest BCUT2D eigenvalue weighted by atomic mass is 35.5. The highest BCUT2D eigenvalue weighted by Gasteiger charge is 2.19. The van der Waals surface area contributed by atoms with E-state index in [4.69, 9.17) is 23.8 Å². The van der Waals surface area contributed by atoms with E-state index in [1.807, 2.05) is 37.3 Å². The first-order valence-electron chi connectivity index (χ1n) is 9.36. The van der Waals surface area contributed by atoms with E-state index in [1.165, 1.54) is 9.13 Å². The Morgan fingerprint density at radius 1 is 0.839 bits per heavy atom. The fraction of sp³-hybridized carbons (Fsp3) is 0.0435. The predicted molar refractivity (Wildman–Crippen MR) is 124 cm³/mol. The van der Waals surface area contributed by atoms with E-state index in [-0.39, 0.29) is 16.3 Å². The van der Waals surface area contributed by atoms with Crippen LogP contribution in [0.4, 0.5) is 11.4 Å². The SMILES string of the molecule is Cc1ccc(-n2c(O)c(N=Nc3ccc(Cl)cc3)c(=O)n(-c3ccccc3)c2=S)cc1. The number of para-hydroxylation sites is 1. The number of aromatic nitrogens is 2. The first-order chi connectivity index (χ1) is 15.0. The Morgan fingerprint density at radius 3 is 2.10 bits per heavy atom. The molecule has 154 valence electrons. The molecule has 0 spiro atoms. The fourth-order valence-electron chi connectivity index (χ4n) is 3.02. The van der Waals surface area contributed by atoms with Crippen LogP contribution in [0.15, 0.2) is 93.9 Å². The molecule has 3 aromatic carbocycles. The summed E-state index contributed by atoms with van der Waals surface area (Å²) in [5.41, 5.74) is 1.89. The van der Waals surface area contributed by atoms with Crippen LogP contribution in [0.25, 0.3) is 11.4 Å². The number of rotatable bonds is 4. The third-order valence-corrected chi connectivity index (χ3v) is 5.23. The molecule has 6 nitrogen and oxygen atoms in total. The summed E-state index contributed by atoms with van der Waals surface area (Å²) in [6, 6.07) is 23.0. The molecule has 0 saturated heterocycles. The number of hydrogen-bond acceptors (Lipinski definition) is 5. The number of halogens is 1. The van der Waals surface area contributed by atoms with Gasteiger partial charge in [0.1, 0.15) is 0 Å². The second-order valence-corrected chi connectivity index (χ2v) is 7.58. The van der Waals surface area contributed by atoms with Crippen molar-refractivity contribution in [3.8, 4) is 17.3 Å². The minimum Gasteiger partial charge on any atom is -0.492 e. The van der Waals surface area contributed by atoms with Crippen molar-refractivity contribution in [3.05, 3.63) is 105 Å². The van der Waals surface area contributed by atoms with Crippen molar-refractivity contribution in [2.24, 2.45) is 10.2 Å². The van der Waals surface area contributed by atoms with Crippen LogP contribution in [0.3, 0.4) is 0 Å². The Kier molecular flexibility index (Phi) is 5.79. The van der Waals surface area contributed by atoms with Crippen LogP contribution in [-0.4, -0.2) is 14.2 Å². The largest absolute Gasteiger partial charge is 0.492 e. The third kappa shape index (κ3) is 4.19. The second-order valence-electron chi connectivity index (χ2n) is 6.78. The maximum absolute atomic E-state index is 13.3. The van der Waals surface area contributed by atoms with Gasteiger partial charge in [-0.2, -0.15) is 5.11 Å². The first-order valence-corrected chi connectivity index (χ1v) is 10.1. The van der Waals surface area contributed by atoms with Gasteiger partial charge in [-0.05, 0) is 67.7 Å². The second kappa shape index (κ2) is 8.67. The smallest absolute Gasteiger partial charge is 0.290 e. The van der Waals surface area contributed by atoms with Gasteiger partial charge in [0.25, 0.3) is 5.56 Å². The molecule has 0 saturated carbocycles. The molecule has 0 aliphatic carbocycles. The minimum atomic E-state index is -0.574. The minimum absolute atomic E-state index is 0.114. The zero-order valence-corrected chi connectivity index (χ0v) is 18.0. The van der Waals surface area contributed by atoms with E-state index in [1.54, 1.807) is 48.5 Å². The Morgan fingerprint density at radius 2 is 1.45 bits per heavy atom. The van der Waals surface area contributed by atoms with Crippen molar-refractivity contribution < 1.29 is 5.11 Å². The summed E-state index contributed by atoms with van der Waals surface area (Å²) in [6.45, 7) is 1.96. The quantitative estimate of drug-likeness (QED) is 0.288. The number of benzene rings is 3. The van der Waals surface area contributed by atoms with Crippen LogP contribution >= 0.6 is 23.8 Å². The van der Waals surface area contributed by atoms with E-state index in [9.17, 15) is 9.90 Å². The number of hydrogen-bond donors (Lipinski definition) is 1. The summed E-state index contributed by atoms with van der Waals surface area (Å²) >= 11 is 11.5. The molecule has 8 heteroatoms. The fourth-order valence-corrected chi connectivity index (χ4v) is 3.53. The summed E-state index contributed by atoms with van der Waals surface area (Å²) < 4.78 is 2.84. The normalized spacial score (nSPS) is 11.2. The first kappa shape index (κ1) is 20.7. The van der Waals surface area contributed by atoms with Gasteiger partial charge in [0.15, 0.2) is 4.77 Å². The van der Waals surface area contributed by atoms with Crippen molar-refractivity contribution in [2.45, 2.75) is 6.92 Å². The van der Waals surface area contributed by atoms with Gasteiger partial charge in [0.05, 0.1) is 17.1 Å². The van der Waals surface area contributed by atoms with Gasteiger partial charge in [0.2, 0.25) is 11.6 Å². The number of aromatic hydroxyl groups is 1. The molecular formula is C23H17ClN4O2S. The average molecular weight is 449 g/mol. The summed E-state index contributed by atoms with van der Waals surface area (Å²) in [6.07, 6.45) is 0. The van der Waals surface area contributed by atoms with Crippen molar-refractivity contribution in [1.29, 1.82) is 0 Å². The maximum Gasteiger partial charge on any atom is 0.290 e. The van der Waals surface area contributed by atoms with E-state index < -0.39 is 5.56 Å². The van der Waals surface area contributed by atoms with Gasteiger partial charge in [-0.15, -0.1) is 5.11 Å². The maximum atomic E-state index is 13.3. The van der Waals surface area contributed by atoms with Crippen LogP contribution in [0.2, 0.25) is 5.02 Å². The molecule has 4 rings (SSSR count). The topological polar surface area (TPSA) is 71.9 Å². The van der Waals surface area contributed by atoms with E-state index in [0.29, 0.717) is 22.1 Å². The summed E-state index contributed by atoms with van der Waals surface area (Å²) in [4.78, 5) is 13.3. The monoisotopic (exact) mass is 448 g/mol. The number of azo groups is 1. The highest BCUT2D eigenvalue weighted by molar-refractivity contribution is 7.71. The molecule has 0 aliphatic heterocycles. The van der Waals surface area contributed by atoms with Gasteiger partial charge in [-0.1, -0.05) is 47.5 Å². The molecule has 1 heterocycles. The molecule has 0 fully saturated rings. The van der Waals surface area contributed by atoms with E-state index in [2.05, 4.69) is 10.2 Å². The molecule has 0 bridgehead atoms. The van der Waals surface area contributed by atoms with Crippen molar-refractivity contribution in [2.75, 3.05) is 0 Å². The molecule has 0 radical (unpaired) electrons. The lowest BCUT2D eigenvalue weighted by Crippen LogP contribution is -2.23. The molecule has 1 aromatic heterocycles. The van der Waals surface area contributed by atoms with Crippen LogP contribution in [0.1, 0.15) is 5.56 Å². The summed E-state index contributed by atoms with van der Waals surface area (Å²) in [5.74, 6) is -0.385. The van der Waals surface area contributed by atoms with E-state index in [0.717, 1.165) is 5.56 Å². The Balaban J connectivity index is 1.98. The van der Waals surface area contributed by atoms with Gasteiger partial charge >= 0.3 is 0 Å². The lowest BCUT2D eigenvalue weighted by atomic mass is 10.2. The molecule has 0 amide bonds. The van der Waals surface area contributed by atoms with Crippen LogP contribution in [0, 0.1) is 11.7 Å². The zero-order chi connectivity index (χ0) is 22.0.